The first kappa shape index (κ1) is 11.9. The van der Waals surface area contributed by atoms with E-state index in [0.29, 0.717) is 0 Å². The molecule has 17 heavy (non-hydrogen) atoms. The zero-order chi connectivity index (χ0) is 12.3. The Morgan fingerprint density at radius 1 is 1.53 bits per heavy atom. The number of aryl methyl sites for hydroxylation is 2. The minimum atomic E-state index is 0.214. The topological polar surface area (TPSA) is 55.9 Å². The molecule has 0 saturated carbocycles. The van der Waals surface area contributed by atoms with Gasteiger partial charge in [-0.1, -0.05) is 6.92 Å². The van der Waals surface area contributed by atoms with Crippen LogP contribution >= 0.6 is 0 Å². The summed E-state index contributed by atoms with van der Waals surface area (Å²) in [5, 5.41) is 7.39. The molecular weight excluding hydrogens is 216 g/mol. The summed E-state index contributed by atoms with van der Waals surface area (Å²) in [5.74, 6) is 2.00. The first-order valence-electron chi connectivity index (χ1n) is 5.82. The molecule has 92 valence electrons. The highest BCUT2D eigenvalue weighted by Gasteiger charge is 2.17. The first-order chi connectivity index (χ1) is 8.26. The summed E-state index contributed by atoms with van der Waals surface area (Å²) in [6.45, 7) is 2.09. The van der Waals surface area contributed by atoms with Crippen molar-refractivity contribution in [2.24, 2.45) is 7.05 Å². The summed E-state index contributed by atoms with van der Waals surface area (Å²) in [6, 6.07) is 2.24. The predicted octanol–water partition coefficient (Wildman–Crippen LogP) is 1.47. The van der Waals surface area contributed by atoms with Crippen molar-refractivity contribution in [2.75, 3.05) is 7.05 Å². The number of nitrogens with one attached hydrogen (secondary N) is 1. The molecule has 2 aromatic heterocycles. The highest BCUT2D eigenvalue weighted by Crippen LogP contribution is 2.22. The molecule has 2 heterocycles. The van der Waals surface area contributed by atoms with Crippen molar-refractivity contribution < 1.29 is 4.42 Å². The van der Waals surface area contributed by atoms with Gasteiger partial charge in [-0.25, -0.2) is 4.98 Å². The number of nitrogens with zero attached hydrogens (tertiary/aromatic N) is 3. The smallest absolute Gasteiger partial charge is 0.138 e. The Balaban J connectivity index is 2.20. The summed E-state index contributed by atoms with van der Waals surface area (Å²) in [6.07, 6.45) is 5.03. The van der Waals surface area contributed by atoms with Gasteiger partial charge in [0.15, 0.2) is 0 Å². The van der Waals surface area contributed by atoms with Crippen LogP contribution in [0.1, 0.15) is 30.1 Å². The molecule has 0 fully saturated rings. The van der Waals surface area contributed by atoms with Crippen molar-refractivity contribution in [2.45, 2.75) is 25.8 Å². The molecule has 0 aromatic carbocycles. The van der Waals surface area contributed by atoms with Crippen molar-refractivity contribution in [3.8, 4) is 0 Å². The highest BCUT2D eigenvalue weighted by molar-refractivity contribution is 5.22. The minimum Gasteiger partial charge on any atom is -0.469 e. The van der Waals surface area contributed by atoms with E-state index in [0.717, 1.165) is 24.4 Å². The molecule has 0 bridgehead atoms. The van der Waals surface area contributed by atoms with Crippen molar-refractivity contribution in [3.63, 3.8) is 0 Å². The first-order valence-corrected chi connectivity index (χ1v) is 5.82. The average Bonchev–Trinajstić information content (AvgIpc) is 2.95. The number of hydrogen-bond acceptors (Lipinski definition) is 4. The lowest BCUT2D eigenvalue weighted by Crippen LogP contribution is -2.21. The Morgan fingerprint density at radius 3 is 2.94 bits per heavy atom. The van der Waals surface area contributed by atoms with E-state index in [1.165, 1.54) is 5.56 Å². The van der Waals surface area contributed by atoms with Crippen LogP contribution in [0.15, 0.2) is 23.1 Å². The van der Waals surface area contributed by atoms with E-state index in [2.05, 4.69) is 22.3 Å². The van der Waals surface area contributed by atoms with E-state index in [-0.39, 0.29) is 6.04 Å². The van der Waals surface area contributed by atoms with Gasteiger partial charge in [0.2, 0.25) is 0 Å². The lowest BCUT2D eigenvalue weighted by atomic mass is 10.0. The molecule has 0 saturated heterocycles. The summed E-state index contributed by atoms with van der Waals surface area (Å²) >= 11 is 0. The van der Waals surface area contributed by atoms with Crippen LogP contribution in [0.3, 0.4) is 0 Å². The Labute approximate surface area is 101 Å². The molecule has 1 unspecified atom stereocenters. The zero-order valence-corrected chi connectivity index (χ0v) is 10.5. The van der Waals surface area contributed by atoms with Crippen LogP contribution in [0, 0.1) is 0 Å². The van der Waals surface area contributed by atoms with Gasteiger partial charge in [0.25, 0.3) is 0 Å². The summed E-state index contributed by atoms with van der Waals surface area (Å²) in [7, 11) is 3.86. The predicted molar refractivity (Wildman–Crippen MR) is 64.6 cm³/mol. The van der Waals surface area contributed by atoms with Gasteiger partial charge in [-0.2, -0.15) is 5.10 Å². The molecule has 1 N–H and O–H groups in total. The van der Waals surface area contributed by atoms with Gasteiger partial charge in [-0.3, -0.25) is 4.68 Å². The van der Waals surface area contributed by atoms with E-state index in [1.54, 1.807) is 17.3 Å². The summed E-state index contributed by atoms with van der Waals surface area (Å²) in [5.41, 5.74) is 1.21. The molecule has 5 heteroatoms. The monoisotopic (exact) mass is 234 g/mol. The molecule has 0 aliphatic carbocycles. The fourth-order valence-electron chi connectivity index (χ4n) is 2.00. The maximum atomic E-state index is 5.46. The van der Waals surface area contributed by atoms with Gasteiger partial charge in [0.1, 0.15) is 17.9 Å². The zero-order valence-electron chi connectivity index (χ0n) is 10.5. The average molecular weight is 234 g/mol. The van der Waals surface area contributed by atoms with E-state index in [4.69, 9.17) is 4.42 Å². The van der Waals surface area contributed by atoms with E-state index in [1.807, 2.05) is 20.2 Å². The van der Waals surface area contributed by atoms with Gasteiger partial charge in [0.05, 0.1) is 6.26 Å². The SMILES string of the molecule is CCc1occc1C(Cc1ncnn1C)NC. The molecule has 0 amide bonds. The van der Waals surface area contributed by atoms with Crippen LogP contribution < -0.4 is 5.32 Å². The maximum Gasteiger partial charge on any atom is 0.138 e. The summed E-state index contributed by atoms with van der Waals surface area (Å²) < 4.78 is 7.26. The molecule has 1 atom stereocenters. The Kier molecular flexibility index (Phi) is 3.58. The fraction of sp³-hybridized carbons (Fsp3) is 0.500. The third kappa shape index (κ3) is 2.39. The van der Waals surface area contributed by atoms with Gasteiger partial charge < -0.3 is 9.73 Å². The molecule has 0 radical (unpaired) electrons. The van der Waals surface area contributed by atoms with Gasteiger partial charge in [-0.15, -0.1) is 0 Å². The molecule has 0 aliphatic rings. The van der Waals surface area contributed by atoms with E-state index in [9.17, 15) is 0 Å². The number of furan rings is 1. The molecular formula is C12H18N4O. The van der Waals surface area contributed by atoms with Crippen molar-refractivity contribution >= 4 is 0 Å². The number of aromatic nitrogens is 3. The molecule has 2 rings (SSSR count). The van der Waals surface area contributed by atoms with Crippen LogP contribution in [0.5, 0.6) is 0 Å². The number of rotatable bonds is 5. The Bertz CT molecular complexity index is 474. The molecule has 0 spiro atoms. The lowest BCUT2D eigenvalue weighted by molar-refractivity contribution is 0.489. The van der Waals surface area contributed by atoms with Crippen LogP contribution in [0.25, 0.3) is 0 Å². The van der Waals surface area contributed by atoms with Crippen LogP contribution in [0.4, 0.5) is 0 Å². The molecule has 2 aromatic rings. The lowest BCUT2D eigenvalue weighted by Gasteiger charge is -2.15. The standard InChI is InChI=1S/C12H18N4O/c1-4-11-9(5-6-17-11)10(13-2)7-12-14-8-15-16(12)3/h5-6,8,10,13H,4,7H2,1-3H3. The van der Waals surface area contributed by atoms with Crippen LogP contribution in [-0.4, -0.2) is 21.8 Å². The summed E-state index contributed by atoms with van der Waals surface area (Å²) in [4.78, 5) is 4.25. The molecule has 0 aliphatic heterocycles. The molecule has 5 nitrogen and oxygen atoms in total. The van der Waals surface area contributed by atoms with Crippen molar-refractivity contribution in [1.82, 2.24) is 20.1 Å². The largest absolute Gasteiger partial charge is 0.469 e. The third-order valence-corrected chi connectivity index (χ3v) is 3.02. The van der Waals surface area contributed by atoms with Crippen LogP contribution in [-0.2, 0) is 19.9 Å². The third-order valence-electron chi connectivity index (χ3n) is 3.02. The van der Waals surface area contributed by atoms with Gasteiger partial charge >= 0.3 is 0 Å². The quantitative estimate of drug-likeness (QED) is 0.851. The van der Waals surface area contributed by atoms with Crippen molar-refractivity contribution in [1.29, 1.82) is 0 Å². The second-order valence-electron chi connectivity index (χ2n) is 4.00. The maximum absolute atomic E-state index is 5.46. The van der Waals surface area contributed by atoms with Gasteiger partial charge in [-0.05, 0) is 13.1 Å². The Morgan fingerprint density at radius 2 is 2.35 bits per heavy atom. The normalized spacial score (nSPS) is 12.9. The van der Waals surface area contributed by atoms with Gasteiger partial charge in [0, 0.05) is 31.5 Å². The van der Waals surface area contributed by atoms with E-state index < -0.39 is 0 Å². The second kappa shape index (κ2) is 5.14. The Hall–Kier alpha value is -1.62. The second-order valence-corrected chi connectivity index (χ2v) is 4.00. The van der Waals surface area contributed by atoms with Crippen molar-refractivity contribution in [3.05, 3.63) is 35.8 Å². The number of hydrogen-bond donors (Lipinski definition) is 1. The van der Waals surface area contributed by atoms with Crippen LogP contribution in [0.2, 0.25) is 0 Å². The number of likely N-dealkylation sites (N-methyl/N-ethyl adjacent to an activating group) is 1. The highest BCUT2D eigenvalue weighted by atomic mass is 16.3. The minimum absolute atomic E-state index is 0.214. The fourth-order valence-corrected chi connectivity index (χ4v) is 2.00. The van der Waals surface area contributed by atoms with E-state index >= 15 is 0 Å².